The Morgan fingerprint density at radius 2 is 1.79 bits per heavy atom. The van der Waals surface area contributed by atoms with E-state index in [1.165, 1.54) is 0 Å². The van der Waals surface area contributed by atoms with Gasteiger partial charge in [0.2, 0.25) is 5.65 Å². The van der Waals surface area contributed by atoms with Crippen molar-refractivity contribution >= 4 is 22.1 Å². The molecule has 5 aromatic heterocycles. The van der Waals surface area contributed by atoms with Crippen LogP contribution in [0, 0.1) is 0 Å². The Morgan fingerprint density at radius 3 is 2.52 bits per heavy atom. The largest absolute Gasteiger partial charge is 0.457 e. The number of H-pyrrole nitrogens is 1. The second-order valence-corrected chi connectivity index (χ2v) is 9.38. The van der Waals surface area contributed by atoms with Crippen molar-refractivity contribution in [1.82, 2.24) is 39.4 Å². The fraction of sp³-hybridized carbons (Fsp3) is 0.417. The quantitative estimate of drug-likeness (QED) is 0.403. The summed E-state index contributed by atoms with van der Waals surface area (Å²) in [5, 5.41) is 9.21. The van der Waals surface area contributed by atoms with Gasteiger partial charge in [-0.15, -0.1) is 4.68 Å². The summed E-state index contributed by atoms with van der Waals surface area (Å²) >= 11 is 0. The highest BCUT2D eigenvalue weighted by Crippen LogP contribution is 2.26. The van der Waals surface area contributed by atoms with Crippen molar-refractivity contribution in [3.8, 4) is 5.95 Å². The molecule has 0 aliphatic heterocycles. The van der Waals surface area contributed by atoms with E-state index in [9.17, 15) is 0 Å². The van der Waals surface area contributed by atoms with E-state index in [4.69, 9.17) is 15.1 Å². The minimum atomic E-state index is 0.146. The van der Waals surface area contributed by atoms with Crippen LogP contribution in [0.2, 0.25) is 0 Å². The Bertz CT molecular complexity index is 1440. The van der Waals surface area contributed by atoms with Gasteiger partial charge < -0.3 is 4.57 Å². The molecule has 0 fully saturated rings. The van der Waals surface area contributed by atoms with Crippen LogP contribution >= 0.6 is 0 Å². The van der Waals surface area contributed by atoms with Crippen molar-refractivity contribution in [3.05, 3.63) is 54.1 Å². The van der Waals surface area contributed by atoms with Gasteiger partial charge in [-0.3, -0.25) is 4.68 Å². The third-order valence-corrected chi connectivity index (χ3v) is 6.07. The summed E-state index contributed by atoms with van der Waals surface area (Å²) < 4.78 is 5.89. The predicted octanol–water partition coefficient (Wildman–Crippen LogP) is 3.76. The van der Waals surface area contributed by atoms with E-state index in [-0.39, 0.29) is 11.8 Å². The standard InChI is InChI=1S/C24H29N9/c1-14(2)18-8-10-32(29-18)11-16(5)21-17-7-9-31(6)23(17)28-24(27-21)33-12-19-22(30-33)20(15(3)4)26-13-25-19/h7-10,12-16H,11H2,1-6H3/p+1. The topological polar surface area (TPSA) is 94.0 Å². The van der Waals surface area contributed by atoms with Gasteiger partial charge >= 0.3 is 5.95 Å². The molecule has 0 saturated carbocycles. The molecule has 1 unspecified atom stereocenters. The third kappa shape index (κ3) is 3.77. The maximum Gasteiger partial charge on any atom is 0.457 e. The van der Waals surface area contributed by atoms with Crippen molar-refractivity contribution in [1.29, 1.82) is 0 Å². The summed E-state index contributed by atoms with van der Waals surface area (Å²) in [6.07, 6.45) is 7.63. The molecule has 0 aliphatic rings. The zero-order valence-corrected chi connectivity index (χ0v) is 20.0. The number of aromatic amines is 1. The second kappa shape index (κ2) is 8.06. The molecule has 5 aromatic rings. The van der Waals surface area contributed by atoms with Gasteiger partial charge in [0.05, 0.1) is 23.3 Å². The van der Waals surface area contributed by atoms with Gasteiger partial charge in [0.15, 0.2) is 0 Å². The number of nitrogens with one attached hydrogen (secondary N) is 1. The Morgan fingerprint density at radius 1 is 0.970 bits per heavy atom. The van der Waals surface area contributed by atoms with Crippen LogP contribution in [0.15, 0.2) is 37.1 Å². The molecule has 0 amide bonds. The lowest BCUT2D eigenvalue weighted by atomic mass is 10.1. The molecule has 1 atom stereocenters. The van der Waals surface area contributed by atoms with Gasteiger partial charge in [0.1, 0.15) is 29.3 Å². The summed E-state index contributed by atoms with van der Waals surface area (Å²) in [5.41, 5.74) is 5.73. The van der Waals surface area contributed by atoms with Crippen LogP contribution in [0.4, 0.5) is 0 Å². The molecule has 0 radical (unpaired) electrons. The molecule has 0 aliphatic carbocycles. The number of aryl methyl sites for hydroxylation is 1. The molecular formula is C24H30N9+. The van der Waals surface area contributed by atoms with Crippen LogP contribution in [-0.4, -0.2) is 39.4 Å². The van der Waals surface area contributed by atoms with E-state index in [0.717, 1.165) is 45.7 Å². The first-order valence-corrected chi connectivity index (χ1v) is 11.4. The van der Waals surface area contributed by atoms with Crippen molar-refractivity contribution in [3.63, 3.8) is 0 Å². The smallest absolute Gasteiger partial charge is 0.322 e. The molecule has 0 bridgehead atoms. The average Bonchev–Trinajstić information content (AvgIpc) is 3.51. The van der Waals surface area contributed by atoms with Crippen LogP contribution < -0.4 is 4.68 Å². The molecule has 0 aromatic carbocycles. The van der Waals surface area contributed by atoms with E-state index >= 15 is 0 Å². The number of nitrogens with zero attached hydrogens (tertiary/aromatic N) is 8. The van der Waals surface area contributed by atoms with E-state index in [2.05, 4.69) is 68.0 Å². The van der Waals surface area contributed by atoms with Crippen LogP contribution in [-0.2, 0) is 13.6 Å². The zero-order valence-electron chi connectivity index (χ0n) is 20.0. The fourth-order valence-electron chi connectivity index (χ4n) is 4.23. The van der Waals surface area contributed by atoms with Crippen molar-refractivity contribution < 1.29 is 4.68 Å². The minimum absolute atomic E-state index is 0.146. The summed E-state index contributed by atoms with van der Waals surface area (Å²) in [6, 6.07) is 4.18. The molecule has 0 saturated heterocycles. The molecule has 5 heterocycles. The van der Waals surface area contributed by atoms with Gasteiger partial charge in [-0.1, -0.05) is 39.6 Å². The van der Waals surface area contributed by atoms with Crippen molar-refractivity contribution in [2.24, 2.45) is 7.05 Å². The summed E-state index contributed by atoms with van der Waals surface area (Å²) in [6.45, 7) is 11.5. The fourth-order valence-corrected chi connectivity index (χ4v) is 4.23. The van der Waals surface area contributed by atoms with Gasteiger partial charge in [-0.25, -0.2) is 15.1 Å². The maximum absolute atomic E-state index is 5.01. The van der Waals surface area contributed by atoms with Gasteiger partial charge in [-0.05, 0) is 29.0 Å². The Labute approximate surface area is 192 Å². The number of rotatable bonds is 6. The van der Waals surface area contributed by atoms with Gasteiger partial charge in [0, 0.05) is 25.4 Å². The monoisotopic (exact) mass is 444 g/mol. The zero-order chi connectivity index (χ0) is 23.3. The first-order valence-electron chi connectivity index (χ1n) is 11.4. The predicted molar refractivity (Wildman–Crippen MR) is 126 cm³/mol. The maximum atomic E-state index is 5.01. The first-order chi connectivity index (χ1) is 15.8. The van der Waals surface area contributed by atoms with Gasteiger partial charge in [0.25, 0.3) is 0 Å². The number of aromatic nitrogens is 9. The lowest BCUT2D eigenvalue weighted by molar-refractivity contribution is -0.660. The summed E-state index contributed by atoms with van der Waals surface area (Å²) in [5.74, 6) is 1.42. The Balaban J connectivity index is 1.59. The highest BCUT2D eigenvalue weighted by atomic mass is 15.4. The molecule has 9 heteroatoms. The van der Waals surface area contributed by atoms with Gasteiger partial charge in [-0.2, -0.15) is 5.10 Å². The second-order valence-electron chi connectivity index (χ2n) is 9.38. The number of fused-ring (bicyclic) bond motifs is 2. The lowest BCUT2D eigenvalue weighted by Gasteiger charge is -2.10. The van der Waals surface area contributed by atoms with Crippen molar-refractivity contribution in [2.75, 3.05) is 0 Å². The average molecular weight is 445 g/mol. The molecule has 0 spiro atoms. The number of hydrogen-bond acceptors (Lipinski definition) is 5. The van der Waals surface area contributed by atoms with Crippen LogP contribution in [0.5, 0.6) is 0 Å². The Hall–Kier alpha value is -3.62. The van der Waals surface area contributed by atoms with E-state index in [0.29, 0.717) is 11.9 Å². The molecule has 170 valence electrons. The first kappa shape index (κ1) is 21.2. The summed E-state index contributed by atoms with van der Waals surface area (Å²) in [7, 11) is 2.01. The van der Waals surface area contributed by atoms with E-state index in [1.54, 1.807) is 6.33 Å². The SMILES string of the molecule is CC(C)c1ccn(CC(C)c2nc(-[n+]3cc4ncnc(C(C)C)c4[nH]3)nc3c2ccn3C)n1. The van der Waals surface area contributed by atoms with Crippen LogP contribution in [0.25, 0.3) is 28.0 Å². The Kier molecular flexibility index (Phi) is 5.19. The molecule has 1 N–H and O–H groups in total. The highest BCUT2D eigenvalue weighted by molar-refractivity contribution is 5.80. The molecule has 33 heavy (non-hydrogen) atoms. The summed E-state index contributed by atoms with van der Waals surface area (Å²) in [4.78, 5) is 18.8. The molecule has 5 rings (SSSR count). The third-order valence-electron chi connectivity index (χ3n) is 6.07. The molecule has 9 nitrogen and oxygen atoms in total. The minimum Gasteiger partial charge on any atom is -0.322 e. The lowest BCUT2D eigenvalue weighted by Crippen LogP contribution is -2.35. The van der Waals surface area contributed by atoms with Crippen LogP contribution in [0.3, 0.4) is 0 Å². The molecular weight excluding hydrogens is 414 g/mol. The van der Waals surface area contributed by atoms with Crippen molar-refractivity contribution in [2.45, 2.75) is 58.9 Å². The normalized spacial score (nSPS) is 13.1. The van der Waals surface area contributed by atoms with Crippen LogP contribution in [0.1, 0.15) is 69.5 Å². The number of hydrogen-bond donors (Lipinski definition) is 1. The van der Waals surface area contributed by atoms with E-state index in [1.807, 2.05) is 33.4 Å². The van der Waals surface area contributed by atoms with E-state index < -0.39 is 0 Å². The highest BCUT2D eigenvalue weighted by Gasteiger charge is 2.26.